The number of ether oxygens (including phenoxy) is 1. The summed E-state index contributed by atoms with van der Waals surface area (Å²) in [5.74, 6) is 0.802. The highest BCUT2D eigenvalue weighted by atomic mass is 16.5. The number of anilines is 1. The third kappa shape index (κ3) is 2.65. The molecule has 0 amide bonds. The third-order valence-electron chi connectivity index (χ3n) is 2.12. The maximum atomic E-state index is 5.75. The van der Waals surface area contributed by atoms with E-state index in [9.17, 15) is 0 Å². The molecule has 0 unspecified atom stereocenters. The van der Waals surface area contributed by atoms with E-state index in [1.165, 1.54) is 0 Å². The van der Waals surface area contributed by atoms with Gasteiger partial charge in [0.15, 0.2) is 0 Å². The first-order valence-electron chi connectivity index (χ1n) is 4.79. The van der Waals surface area contributed by atoms with Crippen LogP contribution in [0.3, 0.4) is 0 Å². The van der Waals surface area contributed by atoms with Crippen LogP contribution in [0.4, 0.5) is 5.69 Å². The van der Waals surface area contributed by atoms with E-state index in [-0.39, 0.29) is 6.10 Å². The lowest BCUT2D eigenvalue weighted by molar-refractivity contribution is 0.194. The second-order valence-corrected chi connectivity index (χ2v) is 3.09. The fraction of sp³-hybridized carbons (Fsp3) is 0.455. The van der Waals surface area contributed by atoms with Crippen molar-refractivity contribution in [3.8, 4) is 5.75 Å². The van der Waals surface area contributed by atoms with E-state index in [0.29, 0.717) is 0 Å². The van der Waals surface area contributed by atoms with E-state index in [4.69, 9.17) is 10.5 Å². The first kappa shape index (κ1) is 9.90. The average molecular weight is 179 g/mol. The van der Waals surface area contributed by atoms with E-state index >= 15 is 0 Å². The van der Waals surface area contributed by atoms with Gasteiger partial charge in [0.05, 0.1) is 11.8 Å². The Hall–Kier alpha value is -1.18. The van der Waals surface area contributed by atoms with Crippen molar-refractivity contribution in [3.63, 3.8) is 0 Å². The Balaban J connectivity index is 2.67. The molecule has 2 nitrogen and oxygen atoms in total. The van der Waals surface area contributed by atoms with Crippen LogP contribution in [-0.2, 0) is 0 Å². The van der Waals surface area contributed by atoms with Crippen molar-refractivity contribution in [2.75, 3.05) is 5.73 Å². The van der Waals surface area contributed by atoms with E-state index < -0.39 is 0 Å². The Kier molecular flexibility index (Phi) is 3.62. The minimum atomic E-state index is 0.282. The molecule has 1 rings (SSSR count). The maximum Gasteiger partial charge on any atom is 0.142 e. The van der Waals surface area contributed by atoms with Crippen molar-refractivity contribution in [2.24, 2.45) is 0 Å². The predicted molar refractivity (Wildman–Crippen MR) is 55.9 cm³/mol. The van der Waals surface area contributed by atoms with Crippen LogP contribution in [-0.4, -0.2) is 6.10 Å². The first-order chi connectivity index (χ1) is 6.27. The van der Waals surface area contributed by atoms with Gasteiger partial charge < -0.3 is 10.5 Å². The van der Waals surface area contributed by atoms with Crippen molar-refractivity contribution in [1.29, 1.82) is 0 Å². The standard InChI is InChI=1S/C11H17NO/c1-3-9(4-2)13-11-8-6-5-7-10(11)12/h5-9H,3-4,12H2,1-2H3. The number of hydrogen-bond donors (Lipinski definition) is 1. The van der Waals surface area contributed by atoms with Crippen molar-refractivity contribution in [2.45, 2.75) is 32.8 Å². The molecule has 0 aliphatic carbocycles. The molecule has 0 bridgehead atoms. The molecule has 13 heavy (non-hydrogen) atoms. The van der Waals surface area contributed by atoms with Crippen molar-refractivity contribution in [1.82, 2.24) is 0 Å². The highest BCUT2D eigenvalue weighted by molar-refractivity contribution is 5.51. The molecule has 0 heterocycles. The molecule has 2 heteroatoms. The summed E-state index contributed by atoms with van der Waals surface area (Å²) in [6, 6.07) is 7.62. The molecule has 0 atom stereocenters. The van der Waals surface area contributed by atoms with Crippen LogP contribution in [0.15, 0.2) is 24.3 Å². The molecule has 0 aliphatic rings. The zero-order valence-corrected chi connectivity index (χ0v) is 8.29. The molecule has 1 aromatic carbocycles. The summed E-state index contributed by atoms with van der Waals surface area (Å²) >= 11 is 0. The molecule has 0 aromatic heterocycles. The number of benzene rings is 1. The van der Waals surface area contributed by atoms with E-state index in [1.807, 2.05) is 24.3 Å². The maximum absolute atomic E-state index is 5.75. The Labute approximate surface area is 79.7 Å². The molecule has 1 aromatic rings. The quantitative estimate of drug-likeness (QED) is 0.721. The van der Waals surface area contributed by atoms with Crippen molar-refractivity contribution < 1.29 is 4.74 Å². The number of nitrogens with two attached hydrogens (primary N) is 1. The smallest absolute Gasteiger partial charge is 0.142 e. The zero-order chi connectivity index (χ0) is 9.68. The molecule has 0 saturated carbocycles. The molecule has 72 valence electrons. The predicted octanol–water partition coefficient (Wildman–Crippen LogP) is 2.84. The van der Waals surface area contributed by atoms with Gasteiger partial charge in [-0.3, -0.25) is 0 Å². The van der Waals surface area contributed by atoms with Crippen LogP contribution in [0.2, 0.25) is 0 Å². The third-order valence-corrected chi connectivity index (χ3v) is 2.12. The molecular weight excluding hydrogens is 162 g/mol. The summed E-state index contributed by atoms with van der Waals surface area (Å²) < 4.78 is 5.72. The normalized spacial score (nSPS) is 10.4. The summed E-state index contributed by atoms with van der Waals surface area (Å²) in [6.45, 7) is 4.24. The van der Waals surface area contributed by atoms with Gasteiger partial charge in [-0.15, -0.1) is 0 Å². The molecule has 0 fully saturated rings. The summed E-state index contributed by atoms with van der Waals surface area (Å²) in [4.78, 5) is 0. The lowest BCUT2D eigenvalue weighted by Crippen LogP contribution is -2.14. The van der Waals surface area contributed by atoms with Gasteiger partial charge in [-0.2, -0.15) is 0 Å². The van der Waals surface area contributed by atoms with Gasteiger partial charge in [0.25, 0.3) is 0 Å². The number of hydrogen-bond acceptors (Lipinski definition) is 2. The Morgan fingerprint density at radius 2 is 1.85 bits per heavy atom. The minimum absolute atomic E-state index is 0.282. The Morgan fingerprint density at radius 3 is 2.38 bits per heavy atom. The summed E-state index contributed by atoms with van der Waals surface area (Å²) in [6.07, 6.45) is 2.32. The van der Waals surface area contributed by atoms with E-state index in [0.717, 1.165) is 24.3 Å². The fourth-order valence-electron chi connectivity index (χ4n) is 1.22. The zero-order valence-electron chi connectivity index (χ0n) is 8.29. The lowest BCUT2D eigenvalue weighted by Gasteiger charge is -2.16. The van der Waals surface area contributed by atoms with Crippen LogP contribution >= 0.6 is 0 Å². The minimum Gasteiger partial charge on any atom is -0.488 e. The average Bonchev–Trinajstić information content (AvgIpc) is 2.17. The van der Waals surface area contributed by atoms with Gasteiger partial charge in [-0.1, -0.05) is 26.0 Å². The van der Waals surface area contributed by atoms with E-state index in [2.05, 4.69) is 13.8 Å². The highest BCUT2D eigenvalue weighted by Gasteiger charge is 2.06. The number of nitrogen functional groups attached to an aromatic ring is 1. The summed E-state index contributed by atoms with van der Waals surface area (Å²) in [5, 5.41) is 0. The monoisotopic (exact) mass is 179 g/mol. The topological polar surface area (TPSA) is 35.2 Å². The molecule has 2 N–H and O–H groups in total. The van der Waals surface area contributed by atoms with Crippen LogP contribution in [0.25, 0.3) is 0 Å². The number of rotatable bonds is 4. The van der Waals surface area contributed by atoms with Crippen LogP contribution in [0.1, 0.15) is 26.7 Å². The largest absolute Gasteiger partial charge is 0.488 e. The molecular formula is C11H17NO. The van der Waals surface area contributed by atoms with Crippen LogP contribution in [0, 0.1) is 0 Å². The second kappa shape index (κ2) is 4.75. The molecule has 0 saturated heterocycles. The number of para-hydroxylation sites is 2. The van der Waals surface area contributed by atoms with Crippen molar-refractivity contribution in [3.05, 3.63) is 24.3 Å². The van der Waals surface area contributed by atoms with Gasteiger partial charge in [-0.25, -0.2) is 0 Å². The fourth-order valence-corrected chi connectivity index (χ4v) is 1.22. The Bertz CT molecular complexity index is 256. The van der Waals surface area contributed by atoms with Crippen LogP contribution in [0.5, 0.6) is 5.75 Å². The van der Waals surface area contributed by atoms with Crippen LogP contribution < -0.4 is 10.5 Å². The van der Waals surface area contributed by atoms with Gasteiger partial charge >= 0.3 is 0 Å². The van der Waals surface area contributed by atoms with E-state index in [1.54, 1.807) is 0 Å². The van der Waals surface area contributed by atoms with Gasteiger partial charge in [0.2, 0.25) is 0 Å². The second-order valence-electron chi connectivity index (χ2n) is 3.09. The molecule has 0 spiro atoms. The van der Waals surface area contributed by atoms with Crippen molar-refractivity contribution >= 4 is 5.69 Å². The molecule has 0 radical (unpaired) electrons. The Morgan fingerprint density at radius 1 is 1.23 bits per heavy atom. The van der Waals surface area contributed by atoms with Gasteiger partial charge in [0, 0.05) is 0 Å². The first-order valence-corrected chi connectivity index (χ1v) is 4.79. The summed E-state index contributed by atoms with van der Waals surface area (Å²) in [7, 11) is 0. The SMILES string of the molecule is CCC(CC)Oc1ccccc1N. The lowest BCUT2D eigenvalue weighted by atomic mass is 10.2. The van der Waals surface area contributed by atoms with Gasteiger partial charge in [0.1, 0.15) is 5.75 Å². The summed E-state index contributed by atoms with van der Waals surface area (Å²) in [5.41, 5.74) is 6.47. The molecule has 0 aliphatic heterocycles. The van der Waals surface area contributed by atoms with Gasteiger partial charge in [-0.05, 0) is 25.0 Å². The highest BCUT2D eigenvalue weighted by Crippen LogP contribution is 2.22.